The van der Waals surface area contributed by atoms with Crippen molar-refractivity contribution in [3.05, 3.63) is 70.4 Å². The third-order valence-corrected chi connectivity index (χ3v) is 7.77. The van der Waals surface area contributed by atoms with Gasteiger partial charge in [0.15, 0.2) is 5.96 Å². The van der Waals surface area contributed by atoms with Gasteiger partial charge in [0.1, 0.15) is 5.49 Å². The van der Waals surface area contributed by atoms with Crippen LogP contribution in [-0.4, -0.2) is 58.8 Å². The fourth-order valence-electron chi connectivity index (χ4n) is 4.96. The van der Waals surface area contributed by atoms with Crippen LogP contribution in [0.2, 0.25) is 0 Å². The normalized spacial score (nSPS) is 16.1. The minimum absolute atomic E-state index is 0.0138. The summed E-state index contributed by atoms with van der Waals surface area (Å²) in [6, 6.07) is 13.8. The molecule has 1 aliphatic rings. The van der Waals surface area contributed by atoms with Crippen LogP contribution in [0.25, 0.3) is 17.5 Å². The van der Waals surface area contributed by atoms with Gasteiger partial charge >= 0.3 is 5.51 Å². The first-order chi connectivity index (χ1) is 20.9. The number of guanidine groups is 1. The molecule has 0 saturated heterocycles. The summed E-state index contributed by atoms with van der Waals surface area (Å²) in [6.07, 6.45) is 3.36. The van der Waals surface area contributed by atoms with Gasteiger partial charge in [-0.3, -0.25) is 5.41 Å². The predicted octanol–water partition coefficient (Wildman–Crippen LogP) is 2.61. The van der Waals surface area contributed by atoms with Gasteiger partial charge in [0.2, 0.25) is 6.35 Å². The van der Waals surface area contributed by atoms with E-state index >= 15 is 0 Å². The molecule has 0 amide bonds. The van der Waals surface area contributed by atoms with Crippen LogP contribution in [-0.2, 0) is 6.42 Å². The SMILES string of the molecule is C[C@H](N)CCCc1cc(SC(F)(F)F)cc(-c2cc3c([nH]2)=NC(O)N(c2ccc([C@H](CO)NCCCNC(=N)N)cc2)C=3)c1. The number of thioether (sulfide) groups is 1. The molecule has 1 aliphatic heterocycles. The zero-order chi connectivity index (χ0) is 31.9. The number of hydrogen-bond donors (Lipinski definition) is 8. The second-order valence-corrected chi connectivity index (χ2v) is 11.9. The Kier molecular flexibility index (Phi) is 11.3. The van der Waals surface area contributed by atoms with E-state index in [9.17, 15) is 23.4 Å². The van der Waals surface area contributed by atoms with Crippen molar-refractivity contribution in [3.63, 3.8) is 0 Å². The Bertz CT molecular complexity index is 1530. The van der Waals surface area contributed by atoms with Crippen LogP contribution in [0.15, 0.2) is 58.4 Å². The Morgan fingerprint density at radius 2 is 1.91 bits per heavy atom. The van der Waals surface area contributed by atoms with E-state index in [4.69, 9.17) is 16.9 Å². The molecule has 0 radical (unpaired) electrons. The van der Waals surface area contributed by atoms with E-state index < -0.39 is 11.9 Å². The number of anilines is 1. The lowest BCUT2D eigenvalue weighted by Crippen LogP contribution is -2.41. The van der Waals surface area contributed by atoms with Crippen LogP contribution >= 0.6 is 11.8 Å². The lowest BCUT2D eigenvalue weighted by molar-refractivity contribution is -0.0328. The van der Waals surface area contributed by atoms with Crippen molar-refractivity contribution >= 4 is 29.6 Å². The van der Waals surface area contributed by atoms with Crippen molar-refractivity contribution in [2.24, 2.45) is 16.5 Å². The van der Waals surface area contributed by atoms with Crippen LogP contribution < -0.4 is 37.7 Å². The standard InChI is InChI=1S/C30H39F3N8O2S/c1-18(34)4-2-5-19-12-21(14-24(13-19)44-30(31,32)33)25-15-22-16-41(29(43)40-27(22)39-25)23-8-6-20(7-9-23)26(17-42)37-10-3-11-38-28(35)36/h6-9,12-16,18,26,29,37,42-43H,2-5,10-11,17,34H2,1H3,(H,39,40)(H4,35,36,38)/t18-,26-,29?/m0/s1. The highest BCUT2D eigenvalue weighted by Crippen LogP contribution is 2.39. The summed E-state index contributed by atoms with van der Waals surface area (Å²) in [5, 5.41) is 34.6. The van der Waals surface area contributed by atoms with E-state index in [2.05, 4.69) is 20.6 Å². The highest BCUT2D eigenvalue weighted by atomic mass is 32.2. The lowest BCUT2D eigenvalue weighted by atomic mass is 10.0. The molecular formula is C30H39F3N8O2S. The summed E-state index contributed by atoms with van der Waals surface area (Å²) in [5.41, 5.74) is 10.6. The van der Waals surface area contributed by atoms with Gasteiger partial charge in [-0.15, -0.1) is 0 Å². The van der Waals surface area contributed by atoms with E-state index in [1.165, 1.54) is 6.07 Å². The van der Waals surface area contributed by atoms with Crippen molar-refractivity contribution in [3.8, 4) is 11.3 Å². The van der Waals surface area contributed by atoms with E-state index in [0.29, 0.717) is 53.6 Å². The van der Waals surface area contributed by atoms with Crippen molar-refractivity contribution in [1.29, 1.82) is 5.41 Å². The van der Waals surface area contributed by atoms with Crippen molar-refractivity contribution in [2.75, 3.05) is 24.6 Å². The zero-order valence-corrected chi connectivity index (χ0v) is 25.2. The van der Waals surface area contributed by atoms with E-state index in [0.717, 1.165) is 24.0 Å². The highest BCUT2D eigenvalue weighted by Gasteiger charge is 2.29. The van der Waals surface area contributed by atoms with Gasteiger partial charge in [-0.25, -0.2) is 4.99 Å². The number of nitrogens with zero attached hydrogens (tertiary/aromatic N) is 2. The second-order valence-electron chi connectivity index (χ2n) is 10.8. The minimum Gasteiger partial charge on any atom is -0.394 e. The molecule has 44 heavy (non-hydrogen) atoms. The Labute approximate surface area is 257 Å². The number of H-pyrrole nitrogens is 1. The number of aromatic nitrogens is 1. The Morgan fingerprint density at radius 3 is 2.57 bits per heavy atom. The number of aliphatic hydroxyl groups is 2. The van der Waals surface area contributed by atoms with Gasteiger partial charge < -0.3 is 42.2 Å². The molecule has 0 saturated carbocycles. The quantitative estimate of drug-likeness (QED) is 0.0580. The first-order valence-electron chi connectivity index (χ1n) is 14.3. The monoisotopic (exact) mass is 632 g/mol. The second kappa shape index (κ2) is 14.9. The van der Waals surface area contributed by atoms with E-state index in [1.807, 2.05) is 43.3 Å². The van der Waals surface area contributed by atoms with Gasteiger partial charge in [0.05, 0.1) is 12.6 Å². The van der Waals surface area contributed by atoms with Gasteiger partial charge in [-0.2, -0.15) is 13.2 Å². The van der Waals surface area contributed by atoms with Crippen LogP contribution in [0, 0.1) is 5.41 Å². The maximum atomic E-state index is 13.3. The number of alkyl halides is 3. The summed E-state index contributed by atoms with van der Waals surface area (Å²) in [4.78, 5) is 9.23. The molecule has 10 N–H and O–H groups in total. The number of hydrogen-bond acceptors (Lipinski definition) is 8. The lowest BCUT2D eigenvalue weighted by Gasteiger charge is -2.26. The van der Waals surface area contributed by atoms with Crippen LogP contribution in [0.3, 0.4) is 0 Å². The van der Waals surface area contributed by atoms with Crippen molar-refractivity contribution < 1.29 is 23.4 Å². The molecule has 238 valence electrons. The molecule has 2 aromatic carbocycles. The minimum atomic E-state index is -4.42. The Morgan fingerprint density at radius 1 is 1.16 bits per heavy atom. The van der Waals surface area contributed by atoms with Gasteiger partial charge in [0.25, 0.3) is 0 Å². The molecule has 4 rings (SSSR count). The van der Waals surface area contributed by atoms with E-state index in [-0.39, 0.29) is 41.3 Å². The molecule has 0 fully saturated rings. The summed E-state index contributed by atoms with van der Waals surface area (Å²) in [7, 11) is 0. The number of fused-ring (bicyclic) bond motifs is 1. The first-order valence-corrected chi connectivity index (χ1v) is 15.2. The number of nitrogens with two attached hydrogens (primary N) is 2. The summed E-state index contributed by atoms with van der Waals surface area (Å²) in [6.45, 7) is 2.94. The topological polar surface area (TPSA) is 172 Å². The average Bonchev–Trinajstić information content (AvgIpc) is 3.36. The first kappa shape index (κ1) is 33.3. The number of rotatable bonds is 14. The van der Waals surface area contributed by atoms with Gasteiger partial charge in [-0.1, -0.05) is 12.1 Å². The Hall–Kier alpha value is -3.56. The third-order valence-electron chi connectivity index (χ3n) is 7.07. The molecule has 1 aromatic heterocycles. The molecule has 3 atom stereocenters. The van der Waals surface area contributed by atoms with Crippen LogP contribution in [0.4, 0.5) is 18.9 Å². The van der Waals surface area contributed by atoms with Crippen LogP contribution in [0.1, 0.15) is 43.4 Å². The molecule has 1 unspecified atom stereocenters. The smallest absolute Gasteiger partial charge is 0.394 e. The van der Waals surface area contributed by atoms with Crippen molar-refractivity contribution in [1.82, 2.24) is 15.6 Å². The molecule has 0 aliphatic carbocycles. The number of aliphatic hydroxyl groups excluding tert-OH is 2. The molecule has 3 aromatic rings. The molecule has 0 spiro atoms. The van der Waals surface area contributed by atoms with Gasteiger partial charge in [0, 0.05) is 40.3 Å². The largest absolute Gasteiger partial charge is 0.446 e. The summed E-state index contributed by atoms with van der Waals surface area (Å²) in [5.74, 6) is -0.0853. The fourth-order valence-corrected chi connectivity index (χ4v) is 5.62. The van der Waals surface area contributed by atoms with Crippen molar-refractivity contribution in [2.45, 2.75) is 61.4 Å². The maximum absolute atomic E-state index is 13.3. The third kappa shape index (κ3) is 9.47. The van der Waals surface area contributed by atoms with E-state index in [1.54, 1.807) is 17.2 Å². The molecule has 2 heterocycles. The molecular weight excluding hydrogens is 593 g/mol. The molecule has 10 nitrogen and oxygen atoms in total. The average molecular weight is 633 g/mol. The Balaban J connectivity index is 1.53. The summed E-state index contributed by atoms with van der Waals surface area (Å²) < 4.78 is 39.8. The fraction of sp³-hybridized carbons (Fsp3) is 0.400. The van der Waals surface area contributed by atoms with Gasteiger partial charge in [-0.05, 0) is 104 Å². The zero-order valence-electron chi connectivity index (χ0n) is 24.4. The molecule has 0 bridgehead atoms. The number of aryl methyl sites for hydroxylation is 1. The predicted molar refractivity (Wildman–Crippen MR) is 167 cm³/mol. The number of benzene rings is 2. The van der Waals surface area contributed by atoms with Crippen LogP contribution in [0.5, 0.6) is 0 Å². The highest BCUT2D eigenvalue weighted by molar-refractivity contribution is 8.00. The number of aromatic amines is 1. The number of nitrogens with one attached hydrogen (secondary N) is 4. The summed E-state index contributed by atoms with van der Waals surface area (Å²) >= 11 is -0.145. The molecule has 14 heteroatoms. The number of halogens is 3. The maximum Gasteiger partial charge on any atom is 0.446 e.